The number of hydrogen-bond acceptors (Lipinski definition) is 2. The molecule has 0 fully saturated rings. The summed E-state index contributed by atoms with van der Waals surface area (Å²) in [5.41, 5.74) is -1.33. The molecule has 2 aromatic rings. The lowest BCUT2D eigenvalue weighted by Gasteiger charge is -2.31. The van der Waals surface area contributed by atoms with E-state index < -0.39 is 23.2 Å². The third kappa shape index (κ3) is 2.40. The van der Waals surface area contributed by atoms with E-state index in [4.69, 9.17) is 5.26 Å². The molecular weight excluding hydrogens is 260 g/mol. The molecule has 20 heavy (non-hydrogen) atoms. The molecule has 0 radical (unpaired) electrons. The monoisotopic (exact) mass is 273 g/mol. The highest BCUT2D eigenvalue weighted by Crippen LogP contribution is 2.37. The molecule has 2 nitrogen and oxygen atoms in total. The van der Waals surface area contributed by atoms with E-state index in [1.807, 2.05) is 6.07 Å². The number of benzene rings is 2. The minimum atomic E-state index is -1.76. The van der Waals surface area contributed by atoms with Crippen molar-refractivity contribution in [2.75, 3.05) is 0 Å². The van der Waals surface area contributed by atoms with Gasteiger partial charge in [-0.2, -0.15) is 5.26 Å². The van der Waals surface area contributed by atoms with Crippen molar-refractivity contribution < 1.29 is 13.9 Å². The number of nitrogens with zero attached hydrogens (tertiary/aromatic N) is 1. The lowest BCUT2D eigenvalue weighted by molar-refractivity contribution is 0.0457. The lowest BCUT2D eigenvalue weighted by atomic mass is 9.77. The zero-order valence-corrected chi connectivity index (χ0v) is 10.8. The molecule has 1 N–H and O–H groups in total. The Hall–Kier alpha value is -2.25. The summed E-state index contributed by atoms with van der Waals surface area (Å²) in [7, 11) is 0. The Morgan fingerprint density at radius 2 is 1.50 bits per heavy atom. The van der Waals surface area contributed by atoms with Crippen molar-refractivity contribution in [1.29, 1.82) is 5.26 Å². The molecule has 0 amide bonds. The quantitative estimate of drug-likeness (QED) is 0.931. The molecule has 4 heteroatoms. The van der Waals surface area contributed by atoms with Gasteiger partial charge in [0.15, 0.2) is 0 Å². The number of rotatable bonds is 3. The predicted octanol–water partition coefficient (Wildman–Crippen LogP) is 3.36. The van der Waals surface area contributed by atoms with Gasteiger partial charge in [0.05, 0.1) is 12.0 Å². The molecule has 0 spiro atoms. The molecule has 0 aliphatic heterocycles. The molecule has 2 aromatic carbocycles. The molecule has 2 rings (SSSR count). The number of nitriles is 1. The average molecular weight is 273 g/mol. The van der Waals surface area contributed by atoms with Crippen molar-refractivity contribution in [2.45, 2.75) is 12.5 Å². The van der Waals surface area contributed by atoms with Gasteiger partial charge in [-0.05, 0) is 42.3 Å². The third-order valence-corrected chi connectivity index (χ3v) is 3.35. The van der Waals surface area contributed by atoms with Crippen LogP contribution in [-0.4, -0.2) is 5.11 Å². The second kappa shape index (κ2) is 5.40. The summed E-state index contributed by atoms with van der Waals surface area (Å²) in [6.45, 7) is 1.51. The number of halogens is 2. The Labute approximate surface area is 115 Å². The Kier molecular flexibility index (Phi) is 3.82. The molecule has 0 bridgehead atoms. The van der Waals surface area contributed by atoms with Crippen LogP contribution in [0.5, 0.6) is 0 Å². The Morgan fingerprint density at radius 3 is 1.85 bits per heavy atom. The molecule has 0 aromatic heterocycles. The van der Waals surface area contributed by atoms with Crippen LogP contribution >= 0.6 is 0 Å². The van der Waals surface area contributed by atoms with Crippen molar-refractivity contribution >= 4 is 0 Å². The van der Waals surface area contributed by atoms with Gasteiger partial charge in [0.2, 0.25) is 0 Å². The summed E-state index contributed by atoms with van der Waals surface area (Å²) >= 11 is 0. The van der Waals surface area contributed by atoms with Gasteiger partial charge in [0, 0.05) is 0 Å². The first-order valence-electron chi connectivity index (χ1n) is 6.12. The van der Waals surface area contributed by atoms with E-state index in [2.05, 4.69) is 0 Å². The summed E-state index contributed by atoms with van der Waals surface area (Å²) in [5, 5.41) is 20.0. The van der Waals surface area contributed by atoms with Gasteiger partial charge in [-0.1, -0.05) is 24.3 Å². The second-order valence-corrected chi connectivity index (χ2v) is 4.64. The fourth-order valence-electron chi connectivity index (χ4n) is 2.21. The molecular formula is C16H13F2NO. The second-order valence-electron chi connectivity index (χ2n) is 4.64. The van der Waals surface area contributed by atoms with Gasteiger partial charge < -0.3 is 5.11 Å². The topological polar surface area (TPSA) is 44.0 Å². The van der Waals surface area contributed by atoms with Crippen molar-refractivity contribution in [2.24, 2.45) is 5.92 Å². The molecule has 0 saturated carbocycles. The summed E-state index contributed by atoms with van der Waals surface area (Å²) in [6, 6.07) is 12.7. The first kappa shape index (κ1) is 14.2. The minimum absolute atomic E-state index is 0.220. The van der Waals surface area contributed by atoms with E-state index in [1.54, 1.807) is 0 Å². The van der Waals surface area contributed by atoms with Crippen LogP contribution in [0.1, 0.15) is 18.1 Å². The molecule has 1 unspecified atom stereocenters. The van der Waals surface area contributed by atoms with Crippen LogP contribution in [-0.2, 0) is 5.60 Å². The smallest absolute Gasteiger partial charge is 0.130 e. The zero-order chi connectivity index (χ0) is 14.8. The van der Waals surface area contributed by atoms with E-state index in [-0.39, 0.29) is 11.1 Å². The van der Waals surface area contributed by atoms with Crippen LogP contribution in [0, 0.1) is 28.9 Å². The SMILES string of the molecule is CC(C#N)C(O)(c1cccc(F)c1)c1cccc(F)c1. The van der Waals surface area contributed by atoms with Gasteiger partial charge in [-0.25, -0.2) is 8.78 Å². The van der Waals surface area contributed by atoms with Gasteiger partial charge >= 0.3 is 0 Å². The minimum Gasteiger partial charge on any atom is -0.379 e. The fourth-order valence-corrected chi connectivity index (χ4v) is 2.21. The van der Waals surface area contributed by atoms with Crippen molar-refractivity contribution in [1.82, 2.24) is 0 Å². The van der Waals surface area contributed by atoms with Gasteiger partial charge in [0.25, 0.3) is 0 Å². The number of aliphatic hydroxyl groups is 1. The molecule has 1 atom stereocenters. The standard InChI is InChI=1S/C16H13F2NO/c1-11(10-19)16(20,12-4-2-6-14(17)8-12)13-5-3-7-15(18)9-13/h2-9,11,20H,1H3. The fraction of sp³-hybridized carbons (Fsp3) is 0.188. The van der Waals surface area contributed by atoms with Crippen molar-refractivity contribution in [3.8, 4) is 6.07 Å². The van der Waals surface area contributed by atoms with Crippen LogP contribution in [0.15, 0.2) is 48.5 Å². The molecule has 0 heterocycles. The average Bonchev–Trinajstić information content (AvgIpc) is 2.45. The Morgan fingerprint density at radius 1 is 1.05 bits per heavy atom. The summed E-state index contributed by atoms with van der Waals surface area (Å²) in [6.07, 6.45) is 0. The van der Waals surface area contributed by atoms with E-state index in [9.17, 15) is 13.9 Å². The summed E-state index contributed by atoms with van der Waals surface area (Å²) < 4.78 is 26.8. The van der Waals surface area contributed by atoms with E-state index in [1.165, 1.54) is 43.3 Å². The van der Waals surface area contributed by atoms with Gasteiger partial charge in [-0.15, -0.1) is 0 Å². The Bertz CT molecular complexity index is 618. The molecule has 102 valence electrons. The lowest BCUT2D eigenvalue weighted by Crippen LogP contribution is -2.34. The van der Waals surface area contributed by atoms with E-state index >= 15 is 0 Å². The highest BCUT2D eigenvalue weighted by molar-refractivity contribution is 5.38. The van der Waals surface area contributed by atoms with Crippen molar-refractivity contribution in [3.63, 3.8) is 0 Å². The zero-order valence-electron chi connectivity index (χ0n) is 10.8. The van der Waals surface area contributed by atoms with E-state index in [0.717, 1.165) is 12.1 Å². The maximum atomic E-state index is 13.4. The molecule has 0 aliphatic rings. The summed E-state index contributed by atoms with van der Waals surface area (Å²) in [5.74, 6) is -1.92. The van der Waals surface area contributed by atoms with Gasteiger partial charge in [0.1, 0.15) is 17.2 Å². The predicted molar refractivity (Wildman–Crippen MR) is 70.6 cm³/mol. The largest absolute Gasteiger partial charge is 0.379 e. The maximum Gasteiger partial charge on any atom is 0.130 e. The van der Waals surface area contributed by atoms with E-state index in [0.29, 0.717) is 0 Å². The van der Waals surface area contributed by atoms with Crippen LogP contribution in [0.2, 0.25) is 0 Å². The van der Waals surface area contributed by atoms with Crippen LogP contribution in [0.3, 0.4) is 0 Å². The third-order valence-electron chi connectivity index (χ3n) is 3.35. The maximum absolute atomic E-state index is 13.4. The van der Waals surface area contributed by atoms with Crippen LogP contribution in [0.4, 0.5) is 8.78 Å². The first-order valence-corrected chi connectivity index (χ1v) is 6.12. The molecule has 0 saturated heterocycles. The highest BCUT2D eigenvalue weighted by Gasteiger charge is 2.38. The number of hydrogen-bond donors (Lipinski definition) is 1. The van der Waals surface area contributed by atoms with Crippen molar-refractivity contribution in [3.05, 3.63) is 71.3 Å². The normalized spacial score (nSPS) is 12.8. The first-order chi connectivity index (χ1) is 9.48. The van der Waals surface area contributed by atoms with Crippen LogP contribution < -0.4 is 0 Å². The summed E-state index contributed by atoms with van der Waals surface area (Å²) in [4.78, 5) is 0. The Balaban J connectivity index is 2.66. The van der Waals surface area contributed by atoms with Gasteiger partial charge in [-0.3, -0.25) is 0 Å². The molecule has 0 aliphatic carbocycles. The highest BCUT2D eigenvalue weighted by atomic mass is 19.1. The van der Waals surface area contributed by atoms with Crippen LogP contribution in [0.25, 0.3) is 0 Å².